The number of hydrogen-bond acceptors (Lipinski definition) is 5. The van der Waals surface area contributed by atoms with Crippen LogP contribution in [0, 0.1) is 0 Å². The normalized spacial score (nSPS) is 10.7. The highest BCUT2D eigenvalue weighted by Crippen LogP contribution is 2.11. The predicted octanol–water partition coefficient (Wildman–Crippen LogP) is 1.13. The van der Waals surface area contributed by atoms with Crippen molar-refractivity contribution in [1.82, 2.24) is 14.5 Å². The molecule has 3 aromatic rings. The van der Waals surface area contributed by atoms with E-state index in [1.807, 2.05) is 24.3 Å². The molecule has 1 aromatic carbocycles. The predicted molar refractivity (Wildman–Crippen MR) is 77.2 cm³/mol. The van der Waals surface area contributed by atoms with Crippen molar-refractivity contribution in [2.45, 2.75) is 6.54 Å². The van der Waals surface area contributed by atoms with Gasteiger partial charge in [-0.2, -0.15) is 0 Å². The maximum absolute atomic E-state index is 12.4. The van der Waals surface area contributed by atoms with Crippen molar-refractivity contribution >= 4 is 16.7 Å². The number of nitrogen functional groups attached to an aromatic ring is 1. The second kappa shape index (κ2) is 5.10. The summed E-state index contributed by atoms with van der Waals surface area (Å²) in [5, 5.41) is 0.598. The summed E-state index contributed by atoms with van der Waals surface area (Å²) in [6.07, 6.45) is 3.18. The number of rotatable bonds is 3. The molecule has 0 aliphatic rings. The van der Waals surface area contributed by atoms with Crippen LogP contribution in [0.5, 0.6) is 0 Å². The number of nitrogens with one attached hydrogen (secondary N) is 1. The van der Waals surface area contributed by atoms with E-state index < -0.39 is 0 Å². The number of fused-ring (bicyclic) bond motifs is 1. The van der Waals surface area contributed by atoms with E-state index in [1.165, 1.54) is 6.33 Å². The molecule has 100 valence electrons. The van der Waals surface area contributed by atoms with Crippen LogP contribution in [0.25, 0.3) is 10.9 Å². The van der Waals surface area contributed by atoms with Gasteiger partial charge >= 0.3 is 0 Å². The molecule has 2 heterocycles. The Labute approximate surface area is 114 Å². The zero-order valence-electron chi connectivity index (χ0n) is 10.7. The average Bonchev–Trinajstić information content (AvgIpc) is 2.51. The molecular weight excluding hydrogens is 254 g/mol. The molecule has 0 aliphatic carbocycles. The number of nitrogens with zero attached hydrogens (tertiary/aromatic N) is 3. The summed E-state index contributed by atoms with van der Waals surface area (Å²) >= 11 is 0. The van der Waals surface area contributed by atoms with E-state index in [9.17, 15) is 4.79 Å². The topological polar surface area (TPSA) is 85.8 Å². The first-order valence-corrected chi connectivity index (χ1v) is 6.14. The molecule has 0 atom stereocenters. The summed E-state index contributed by atoms with van der Waals surface area (Å²) in [5.74, 6) is 5.97. The van der Waals surface area contributed by atoms with Gasteiger partial charge in [0.15, 0.2) is 0 Å². The number of anilines is 1. The van der Waals surface area contributed by atoms with Crippen LogP contribution in [0.15, 0.2) is 53.7 Å². The number of aromatic nitrogens is 3. The lowest BCUT2D eigenvalue weighted by molar-refractivity contribution is 0.746. The van der Waals surface area contributed by atoms with Crippen molar-refractivity contribution in [3.63, 3.8) is 0 Å². The summed E-state index contributed by atoms with van der Waals surface area (Å²) < 4.78 is 1.54. The fraction of sp³-hybridized carbons (Fsp3) is 0.0714. The van der Waals surface area contributed by atoms with Crippen molar-refractivity contribution in [1.29, 1.82) is 0 Å². The van der Waals surface area contributed by atoms with Crippen molar-refractivity contribution in [2.75, 3.05) is 5.43 Å². The van der Waals surface area contributed by atoms with Gasteiger partial charge in [0.05, 0.1) is 23.8 Å². The van der Waals surface area contributed by atoms with Crippen molar-refractivity contribution in [2.24, 2.45) is 5.84 Å². The van der Waals surface area contributed by atoms with Crippen LogP contribution in [0.2, 0.25) is 0 Å². The molecule has 6 nitrogen and oxygen atoms in total. The zero-order valence-corrected chi connectivity index (χ0v) is 10.7. The van der Waals surface area contributed by atoms with Crippen LogP contribution in [0.1, 0.15) is 5.56 Å². The maximum atomic E-state index is 12.4. The molecule has 0 unspecified atom stereocenters. The molecule has 3 N–H and O–H groups in total. The van der Waals surface area contributed by atoms with E-state index in [2.05, 4.69) is 15.4 Å². The molecule has 0 fully saturated rings. The molecule has 0 saturated heterocycles. The van der Waals surface area contributed by atoms with Gasteiger partial charge in [0, 0.05) is 11.8 Å². The second-order valence-electron chi connectivity index (χ2n) is 4.35. The van der Waals surface area contributed by atoms with E-state index in [0.29, 0.717) is 23.3 Å². The van der Waals surface area contributed by atoms with Crippen molar-refractivity contribution < 1.29 is 0 Å². The summed E-state index contributed by atoms with van der Waals surface area (Å²) in [4.78, 5) is 20.8. The average molecular weight is 267 g/mol. The summed E-state index contributed by atoms with van der Waals surface area (Å²) in [5.41, 5.74) is 3.96. The largest absolute Gasteiger partial charge is 0.308 e. The Morgan fingerprint density at radius 3 is 2.85 bits per heavy atom. The Hall–Kier alpha value is -2.73. The van der Waals surface area contributed by atoms with Crippen LogP contribution in [0.4, 0.5) is 5.82 Å². The van der Waals surface area contributed by atoms with E-state index in [-0.39, 0.29) is 5.56 Å². The second-order valence-corrected chi connectivity index (χ2v) is 4.35. The summed E-state index contributed by atoms with van der Waals surface area (Å²) in [6.45, 7) is 0.365. The summed E-state index contributed by atoms with van der Waals surface area (Å²) in [7, 11) is 0. The van der Waals surface area contributed by atoms with Gasteiger partial charge in [-0.15, -0.1) is 0 Å². The van der Waals surface area contributed by atoms with E-state index in [1.54, 1.807) is 22.9 Å². The molecule has 6 heteroatoms. The minimum Gasteiger partial charge on any atom is -0.308 e. The molecule has 0 bridgehead atoms. The van der Waals surface area contributed by atoms with Gasteiger partial charge in [-0.05, 0) is 18.2 Å². The number of nitrogens with two attached hydrogens (primary N) is 1. The molecule has 0 radical (unpaired) electrons. The Morgan fingerprint density at radius 1 is 1.15 bits per heavy atom. The van der Waals surface area contributed by atoms with Crippen molar-refractivity contribution in [3.8, 4) is 0 Å². The number of hydrazine groups is 1. The van der Waals surface area contributed by atoms with Crippen LogP contribution in [-0.2, 0) is 6.54 Å². The van der Waals surface area contributed by atoms with Gasteiger partial charge in [0.2, 0.25) is 0 Å². The van der Waals surface area contributed by atoms with Crippen molar-refractivity contribution in [3.05, 3.63) is 64.8 Å². The number of para-hydroxylation sites is 1. The molecule has 20 heavy (non-hydrogen) atoms. The zero-order chi connectivity index (χ0) is 13.9. The smallest absolute Gasteiger partial charge is 0.261 e. The lowest BCUT2D eigenvalue weighted by Crippen LogP contribution is -2.22. The Kier molecular flexibility index (Phi) is 3.14. The third-order valence-electron chi connectivity index (χ3n) is 3.10. The van der Waals surface area contributed by atoms with Gasteiger partial charge in [0.25, 0.3) is 5.56 Å². The van der Waals surface area contributed by atoms with Crippen LogP contribution in [-0.4, -0.2) is 14.5 Å². The lowest BCUT2D eigenvalue weighted by Gasteiger charge is -2.09. The minimum absolute atomic E-state index is 0.0811. The number of benzene rings is 1. The van der Waals surface area contributed by atoms with E-state index in [0.717, 1.165) is 5.56 Å². The molecule has 0 spiro atoms. The first-order valence-electron chi connectivity index (χ1n) is 6.14. The van der Waals surface area contributed by atoms with E-state index >= 15 is 0 Å². The molecule has 0 saturated carbocycles. The summed E-state index contributed by atoms with van der Waals surface area (Å²) in [6, 6.07) is 10.9. The van der Waals surface area contributed by atoms with Gasteiger partial charge in [0.1, 0.15) is 5.82 Å². The highest BCUT2D eigenvalue weighted by Gasteiger charge is 2.07. The number of hydrogen-bond donors (Lipinski definition) is 2. The van der Waals surface area contributed by atoms with Crippen LogP contribution in [0.3, 0.4) is 0 Å². The monoisotopic (exact) mass is 267 g/mol. The quantitative estimate of drug-likeness (QED) is 0.548. The molecule has 0 amide bonds. The lowest BCUT2D eigenvalue weighted by atomic mass is 10.2. The molecule has 3 rings (SSSR count). The Bertz CT molecular complexity index is 812. The van der Waals surface area contributed by atoms with Gasteiger partial charge < -0.3 is 5.43 Å². The minimum atomic E-state index is -0.0811. The highest BCUT2D eigenvalue weighted by molar-refractivity contribution is 5.76. The maximum Gasteiger partial charge on any atom is 0.261 e. The molecule has 2 aromatic heterocycles. The first kappa shape index (κ1) is 12.3. The first-order chi connectivity index (χ1) is 9.79. The highest BCUT2D eigenvalue weighted by atomic mass is 16.1. The Morgan fingerprint density at radius 2 is 2.00 bits per heavy atom. The van der Waals surface area contributed by atoms with E-state index in [4.69, 9.17) is 5.84 Å². The SMILES string of the molecule is NNc1ncccc1Cn1cnc2ccccc2c1=O. The fourth-order valence-corrected chi connectivity index (χ4v) is 2.10. The Balaban J connectivity index is 2.07. The van der Waals surface area contributed by atoms with Gasteiger partial charge in [-0.3, -0.25) is 9.36 Å². The standard InChI is InChI=1S/C14H13N5O/c15-18-13-10(4-3-7-16-13)8-19-9-17-12-6-2-1-5-11(12)14(19)20/h1-7,9H,8,15H2,(H,16,18). The molecule has 0 aliphatic heterocycles. The fourth-order valence-electron chi connectivity index (χ4n) is 2.10. The van der Waals surface area contributed by atoms with Crippen LogP contribution < -0.4 is 16.8 Å². The third kappa shape index (κ3) is 2.12. The van der Waals surface area contributed by atoms with Gasteiger partial charge in [-0.1, -0.05) is 18.2 Å². The number of pyridine rings is 1. The van der Waals surface area contributed by atoms with Crippen LogP contribution >= 0.6 is 0 Å². The molecular formula is C14H13N5O. The van der Waals surface area contributed by atoms with Gasteiger partial charge in [-0.25, -0.2) is 15.8 Å². The third-order valence-corrected chi connectivity index (χ3v) is 3.10.